The van der Waals surface area contributed by atoms with Gasteiger partial charge < -0.3 is 20.8 Å². The van der Waals surface area contributed by atoms with E-state index in [2.05, 4.69) is 11.1 Å². The van der Waals surface area contributed by atoms with Crippen LogP contribution in [0.15, 0.2) is 12.3 Å². The average Bonchev–Trinajstić information content (AvgIpc) is 2.47. The van der Waals surface area contributed by atoms with Crippen LogP contribution in [0.4, 0.5) is 11.5 Å². The number of nitrogens with two attached hydrogens (primary N) is 1. The number of rotatable bonds is 1. The van der Waals surface area contributed by atoms with Gasteiger partial charge in [0.2, 0.25) is 0 Å². The van der Waals surface area contributed by atoms with Crippen molar-refractivity contribution in [3.05, 3.63) is 17.8 Å². The number of piperidine rings is 1. The van der Waals surface area contributed by atoms with Gasteiger partial charge in [-0.15, -0.1) is 0 Å². The Morgan fingerprint density at radius 1 is 1.45 bits per heavy atom. The van der Waals surface area contributed by atoms with Crippen LogP contribution < -0.4 is 10.6 Å². The lowest BCUT2D eigenvalue weighted by molar-refractivity contribution is -0.171. The second-order valence-corrected chi connectivity index (χ2v) is 5.73. The van der Waals surface area contributed by atoms with Crippen LogP contribution in [0.3, 0.4) is 0 Å². The smallest absolute Gasteiger partial charge is 0.143 e. The minimum Gasteiger partial charge on any atom is -0.392 e. The summed E-state index contributed by atoms with van der Waals surface area (Å²) in [5.74, 6) is 0.222. The van der Waals surface area contributed by atoms with Gasteiger partial charge >= 0.3 is 0 Å². The lowest BCUT2D eigenvalue weighted by Gasteiger charge is -2.56. The van der Waals surface area contributed by atoms with E-state index in [9.17, 15) is 15.5 Å². The number of aliphatic hydroxyl groups excluding tert-OH is 2. The highest BCUT2D eigenvalue weighted by atomic mass is 16.3. The topological polar surface area (TPSA) is 106 Å². The molecule has 1 aromatic heterocycles. The first-order valence-electron chi connectivity index (χ1n) is 6.84. The van der Waals surface area contributed by atoms with E-state index >= 15 is 0 Å². The van der Waals surface area contributed by atoms with Crippen LogP contribution in [-0.2, 0) is 0 Å². The predicted molar refractivity (Wildman–Crippen MR) is 73.9 cm³/mol. The van der Waals surface area contributed by atoms with E-state index in [1.807, 2.05) is 4.90 Å². The number of nitriles is 1. The fourth-order valence-corrected chi connectivity index (χ4v) is 3.45. The van der Waals surface area contributed by atoms with Crippen LogP contribution in [0.25, 0.3) is 0 Å². The second kappa shape index (κ2) is 4.62. The van der Waals surface area contributed by atoms with Crippen molar-refractivity contribution < 1.29 is 10.2 Å². The summed E-state index contributed by atoms with van der Waals surface area (Å²) in [7, 11) is 0. The van der Waals surface area contributed by atoms with Gasteiger partial charge in [0.15, 0.2) is 0 Å². The SMILES string of the molecule is N#Cc1c(N2CCCC3(C2)C(O)CC3O)ccnc1N. The molecule has 6 nitrogen and oxygen atoms in total. The molecule has 2 heterocycles. The standard InChI is InChI=1S/C14H18N4O2/c15-7-9-10(2-4-17-13(9)16)18-5-1-3-14(8-18)11(19)6-12(14)20/h2,4,11-12,19-20H,1,3,5-6,8H2,(H2,16,17). The molecule has 2 atom stereocenters. The van der Waals surface area contributed by atoms with Crippen LogP contribution >= 0.6 is 0 Å². The van der Waals surface area contributed by atoms with E-state index in [0.29, 0.717) is 18.5 Å². The highest BCUT2D eigenvalue weighted by Crippen LogP contribution is 2.48. The zero-order chi connectivity index (χ0) is 14.3. The number of hydrogen-bond donors (Lipinski definition) is 3. The number of pyridine rings is 1. The highest BCUT2D eigenvalue weighted by molar-refractivity contribution is 5.67. The van der Waals surface area contributed by atoms with E-state index in [4.69, 9.17) is 5.73 Å². The molecule has 2 fully saturated rings. The van der Waals surface area contributed by atoms with Crippen LogP contribution in [0.5, 0.6) is 0 Å². The third-order valence-corrected chi connectivity index (χ3v) is 4.74. The molecule has 2 aliphatic rings. The maximum atomic E-state index is 10.1. The number of hydrogen-bond acceptors (Lipinski definition) is 6. The molecule has 4 N–H and O–H groups in total. The Labute approximate surface area is 117 Å². The zero-order valence-electron chi connectivity index (χ0n) is 11.2. The molecule has 106 valence electrons. The molecule has 1 aromatic rings. The van der Waals surface area contributed by atoms with Gasteiger partial charge in [0, 0.05) is 31.1 Å². The Kier molecular flexibility index (Phi) is 3.04. The van der Waals surface area contributed by atoms with Gasteiger partial charge in [-0.1, -0.05) is 0 Å². The van der Waals surface area contributed by atoms with Crippen molar-refractivity contribution in [3.8, 4) is 6.07 Å². The third-order valence-electron chi connectivity index (χ3n) is 4.74. The zero-order valence-corrected chi connectivity index (χ0v) is 11.2. The van der Waals surface area contributed by atoms with Crippen molar-refractivity contribution in [1.29, 1.82) is 5.26 Å². The molecule has 0 aromatic carbocycles. The van der Waals surface area contributed by atoms with Crippen molar-refractivity contribution >= 4 is 11.5 Å². The van der Waals surface area contributed by atoms with E-state index in [0.717, 1.165) is 25.1 Å². The van der Waals surface area contributed by atoms with E-state index in [-0.39, 0.29) is 5.82 Å². The number of nitrogens with zero attached hydrogens (tertiary/aromatic N) is 3. The quantitative estimate of drug-likeness (QED) is 0.677. The minimum absolute atomic E-state index is 0.222. The van der Waals surface area contributed by atoms with Crippen molar-refractivity contribution in [1.82, 2.24) is 4.98 Å². The molecule has 2 unspecified atom stereocenters. The van der Waals surface area contributed by atoms with E-state index < -0.39 is 17.6 Å². The monoisotopic (exact) mass is 274 g/mol. The van der Waals surface area contributed by atoms with Crippen LogP contribution in [0.1, 0.15) is 24.8 Å². The fourth-order valence-electron chi connectivity index (χ4n) is 3.45. The minimum atomic E-state index is -0.468. The summed E-state index contributed by atoms with van der Waals surface area (Å²) >= 11 is 0. The molecular weight excluding hydrogens is 256 g/mol. The Morgan fingerprint density at radius 3 is 2.85 bits per heavy atom. The molecule has 1 aliphatic heterocycles. The lowest BCUT2D eigenvalue weighted by Crippen LogP contribution is -2.64. The predicted octanol–water partition coefficient (Wildman–Crippen LogP) is 0.248. The normalized spacial score (nSPS) is 32.8. The highest BCUT2D eigenvalue weighted by Gasteiger charge is 2.55. The van der Waals surface area contributed by atoms with Crippen LogP contribution in [0, 0.1) is 16.7 Å². The van der Waals surface area contributed by atoms with Crippen molar-refractivity contribution in [2.24, 2.45) is 5.41 Å². The molecule has 1 saturated carbocycles. The van der Waals surface area contributed by atoms with Gasteiger partial charge in [-0.3, -0.25) is 0 Å². The maximum absolute atomic E-state index is 10.1. The Balaban J connectivity index is 1.92. The van der Waals surface area contributed by atoms with Crippen molar-refractivity contribution in [2.75, 3.05) is 23.7 Å². The maximum Gasteiger partial charge on any atom is 0.143 e. The van der Waals surface area contributed by atoms with Gasteiger partial charge in [0.1, 0.15) is 17.5 Å². The van der Waals surface area contributed by atoms with Crippen LogP contribution in [-0.4, -0.2) is 40.5 Å². The molecular formula is C14H18N4O2. The second-order valence-electron chi connectivity index (χ2n) is 5.73. The summed E-state index contributed by atoms with van der Waals surface area (Å²) in [6.07, 6.45) is 2.78. The molecule has 20 heavy (non-hydrogen) atoms. The first-order chi connectivity index (χ1) is 9.58. The summed E-state index contributed by atoms with van der Waals surface area (Å²) in [6.45, 7) is 1.34. The van der Waals surface area contributed by atoms with E-state index in [1.54, 1.807) is 12.3 Å². The summed E-state index contributed by atoms with van der Waals surface area (Å²) in [4.78, 5) is 5.97. The molecule has 0 radical (unpaired) electrons. The summed E-state index contributed by atoms with van der Waals surface area (Å²) < 4.78 is 0. The first kappa shape index (κ1) is 13.2. The van der Waals surface area contributed by atoms with Gasteiger partial charge in [-0.2, -0.15) is 5.26 Å². The Bertz CT molecular complexity index is 561. The fraction of sp³-hybridized carbons (Fsp3) is 0.571. The Morgan fingerprint density at radius 2 is 2.20 bits per heavy atom. The van der Waals surface area contributed by atoms with Gasteiger partial charge in [0.25, 0.3) is 0 Å². The molecule has 0 bridgehead atoms. The number of nitrogen functional groups attached to an aromatic ring is 1. The van der Waals surface area contributed by atoms with Crippen molar-refractivity contribution in [2.45, 2.75) is 31.5 Å². The number of anilines is 2. The van der Waals surface area contributed by atoms with Crippen LogP contribution in [0.2, 0.25) is 0 Å². The van der Waals surface area contributed by atoms with E-state index in [1.165, 1.54) is 0 Å². The molecule has 1 spiro atoms. The molecule has 6 heteroatoms. The Hall–Kier alpha value is -1.84. The number of aromatic nitrogens is 1. The largest absolute Gasteiger partial charge is 0.392 e. The number of aliphatic hydroxyl groups is 2. The lowest BCUT2D eigenvalue weighted by atomic mass is 9.59. The first-order valence-corrected chi connectivity index (χ1v) is 6.84. The van der Waals surface area contributed by atoms with Gasteiger partial charge in [0.05, 0.1) is 17.9 Å². The molecule has 1 aliphatic carbocycles. The summed E-state index contributed by atoms with van der Waals surface area (Å²) in [6, 6.07) is 3.86. The van der Waals surface area contributed by atoms with Gasteiger partial charge in [-0.05, 0) is 18.9 Å². The van der Waals surface area contributed by atoms with Crippen molar-refractivity contribution in [3.63, 3.8) is 0 Å². The molecule has 0 amide bonds. The third kappa shape index (κ3) is 1.74. The molecule has 3 rings (SSSR count). The van der Waals surface area contributed by atoms with Gasteiger partial charge in [-0.25, -0.2) is 4.98 Å². The average molecular weight is 274 g/mol. The summed E-state index contributed by atoms with van der Waals surface area (Å²) in [5.41, 5.74) is 6.40. The molecule has 1 saturated heterocycles. The summed E-state index contributed by atoms with van der Waals surface area (Å²) in [5, 5.41) is 29.3.